The van der Waals surface area contributed by atoms with Crippen molar-refractivity contribution in [2.75, 3.05) is 0 Å². The van der Waals surface area contributed by atoms with Crippen molar-refractivity contribution in [3.8, 4) is 0 Å². The molecule has 1 aliphatic heterocycles. The molecule has 6 heteroatoms. The molecule has 0 aromatic heterocycles. The van der Waals surface area contributed by atoms with Crippen molar-refractivity contribution >= 4 is 11.8 Å². The van der Waals surface area contributed by atoms with Gasteiger partial charge in [-0.25, -0.2) is 0 Å². The lowest BCUT2D eigenvalue weighted by Gasteiger charge is -2.38. The smallest absolute Gasteiger partial charge is 0.253 e. The van der Waals surface area contributed by atoms with Gasteiger partial charge >= 0.3 is 0 Å². The van der Waals surface area contributed by atoms with E-state index in [2.05, 4.69) is 0 Å². The second-order valence-corrected chi connectivity index (χ2v) is 10.3. The second-order valence-electron chi connectivity index (χ2n) is 10.3. The molecule has 0 radical (unpaired) electrons. The van der Waals surface area contributed by atoms with Crippen LogP contribution in [0.5, 0.6) is 0 Å². The fourth-order valence-corrected chi connectivity index (χ4v) is 3.60. The Hall–Kier alpha value is -1.24. The van der Waals surface area contributed by atoms with E-state index in [-0.39, 0.29) is 23.5 Å². The van der Waals surface area contributed by atoms with E-state index in [1.54, 1.807) is 0 Å². The van der Waals surface area contributed by atoms with E-state index in [9.17, 15) is 9.59 Å². The largest absolute Gasteiger partial charge is 0.370 e. The highest BCUT2D eigenvalue weighted by Gasteiger charge is 2.53. The quantitative estimate of drug-likeness (QED) is 0.700. The number of carbonyl (C=O) groups excluding carboxylic acids is 2. The average molecular weight is 382 g/mol. The van der Waals surface area contributed by atoms with Gasteiger partial charge in [0, 0.05) is 12.2 Å². The first kappa shape index (κ1) is 22.1. The third-order valence-electron chi connectivity index (χ3n) is 4.20. The van der Waals surface area contributed by atoms with Crippen molar-refractivity contribution in [1.29, 1.82) is 0 Å². The molecule has 0 N–H and O–H groups in total. The minimum absolute atomic E-state index is 0.289. The Labute approximate surface area is 163 Å². The fraction of sp³-hybridized carbons (Fsp3) is 0.810. The highest BCUT2D eigenvalue weighted by Crippen LogP contribution is 2.38. The first-order chi connectivity index (χ1) is 12.1. The number of rotatable bonds is 4. The van der Waals surface area contributed by atoms with Crippen LogP contribution in [0.4, 0.5) is 0 Å². The van der Waals surface area contributed by atoms with Gasteiger partial charge in [-0.15, -0.1) is 0 Å². The van der Waals surface area contributed by atoms with Gasteiger partial charge in [0.2, 0.25) is 0 Å². The maximum Gasteiger partial charge on any atom is 0.253 e. The number of carbonyl (C=O) groups is 2. The molecule has 4 unspecified atom stereocenters. The van der Waals surface area contributed by atoms with Gasteiger partial charge in [0.15, 0.2) is 0 Å². The Morgan fingerprint density at radius 3 is 1.56 bits per heavy atom. The highest BCUT2D eigenvalue weighted by atomic mass is 16.6. The number of amides is 2. The topological polar surface area (TPSA) is 65.1 Å². The molecule has 0 bridgehead atoms. The van der Waals surface area contributed by atoms with Crippen LogP contribution in [0.1, 0.15) is 68.7 Å². The molecular formula is C21H35NO5. The van der Waals surface area contributed by atoms with Crippen molar-refractivity contribution in [3.05, 3.63) is 12.2 Å². The number of nitrogens with zero attached hydrogens (tertiary/aromatic N) is 1. The maximum atomic E-state index is 12.3. The predicted molar refractivity (Wildman–Crippen MR) is 103 cm³/mol. The molecule has 2 rings (SSSR count). The SMILES string of the molecule is CC(C)(C)OC1CC(N2C(=O)C=CC2=O)C(OC(C)(C)C)C1OC(C)(C)C. The minimum Gasteiger partial charge on any atom is -0.370 e. The van der Waals surface area contributed by atoms with Crippen LogP contribution in [0, 0.1) is 0 Å². The van der Waals surface area contributed by atoms with E-state index in [1.165, 1.54) is 17.1 Å². The first-order valence-corrected chi connectivity index (χ1v) is 9.66. The summed E-state index contributed by atoms with van der Waals surface area (Å²) in [4.78, 5) is 26.0. The van der Waals surface area contributed by atoms with E-state index in [1.807, 2.05) is 62.3 Å². The average Bonchev–Trinajstić information content (AvgIpc) is 2.88. The Morgan fingerprint density at radius 2 is 1.15 bits per heavy atom. The standard InChI is InChI=1S/C21H35NO5/c1-19(2,3)25-14-12-13(22-15(23)10-11-16(22)24)17(26-20(4,5)6)18(14)27-21(7,8)9/h10-11,13-14,17-18H,12H2,1-9H3. The molecule has 1 saturated carbocycles. The van der Waals surface area contributed by atoms with Crippen LogP contribution in [-0.2, 0) is 23.8 Å². The zero-order chi connectivity index (χ0) is 20.8. The lowest BCUT2D eigenvalue weighted by Crippen LogP contribution is -2.52. The Morgan fingerprint density at radius 1 is 0.741 bits per heavy atom. The Bertz CT molecular complexity index is 588. The van der Waals surface area contributed by atoms with Crippen LogP contribution in [0.15, 0.2) is 12.2 Å². The van der Waals surface area contributed by atoms with Gasteiger partial charge in [-0.1, -0.05) is 0 Å². The van der Waals surface area contributed by atoms with Crippen LogP contribution in [0.3, 0.4) is 0 Å². The summed E-state index contributed by atoms with van der Waals surface area (Å²) in [5.74, 6) is -0.614. The van der Waals surface area contributed by atoms with Crippen LogP contribution in [0.2, 0.25) is 0 Å². The number of hydrogen-bond donors (Lipinski definition) is 0. The molecule has 4 atom stereocenters. The fourth-order valence-electron chi connectivity index (χ4n) is 3.60. The first-order valence-electron chi connectivity index (χ1n) is 9.66. The van der Waals surface area contributed by atoms with E-state index < -0.39 is 29.5 Å². The third-order valence-corrected chi connectivity index (χ3v) is 4.20. The summed E-state index contributed by atoms with van der Waals surface area (Å²) in [5.41, 5.74) is -1.27. The summed E-state index contributed by atoms with van der Waals surface area (Å²) >= 11 is 0. The number of hydrogen-bond acceptors (Lipinski definition) is 5. The molecular weight excluding hydrogens is 346 g/mol. The van der Waals surface area contributed by atoms with Gasteiger partial charge < -0.3 is 14.2 Å². The number of imide groups is 1. The third kappa shape index (κ3) is 5.87. The highest BCUT2D eigenvalue weighted by molar-refractivity contribution is 6.13. The van der Waals surface area contributed by atoms with Gasteiger partial charge in [-0.3, -0.25) is 14.5 Å². The van der Waals surface area contributed by atoms with E-state index in [4.69, 9.17) is 14.2 Å². The van der Waals surface area contributed by atoms with Crippen LogP contribution < -0.4 is 0 Å². The van der Waals surface area contributed by atoms with Crippen molar-refractivity contribution in [2.24, 2.45) is 0 Å². The predicted octanol–water partition coefficient (Wildman–Crippen LogP) is 3.23. The monoisotopic (exact) mass is 381 g/mol. The van der Waals surface area contributed by atoms with Crippen molar-refractivity contribution in [1.82, 2.24) is 4.90 Å². The summed E-state index contributed by atoms with van der Waals surface area (Å²) in [6.07, 6.45) is 1.96. The lowest BCUT2D eigenvalue weighted by molar-refractivity contribution is -0.199. The zero-order valence-corrected chi connectivity index (χ0v) is 18.2. The van der Waals surface area contributed by atoms with Crippen LogP contribution in [-0.4, -0.2) is 57.9 Å². The van der Waals surface area contributed by atoms with Crippen LogP contribution >= 0.6 is 0 Å². The summed E-state index contributed by atoms with van der Waals surface area (Å²) < 4.78 is 19.0. The normalized spacial score (nSPS) is 29.9. The zero-order valence-electron chi connectivity index (χ0n) is 18.2. The summed E-state index contributed by atoms with van der Waals surface area (Å²) in [7, 11) is 0. The molecule has 6 nitrogen and oxygen atoms in total. The molecule has 2 aliphatic rings. The second kappa shape index (κ2) is 7.30. The van der Waals surface area contributed by atoms with Gasteiger partial charge in [0.05, 0.1) is 28.9 Å². The van der Waals surface area contributed by atoms with Gasteiger partial charge in [-0.05, 0) is 68.7 Å². The Kier molecular flexibility index (Phi) is 5.96. The van der Waals surface area contributed by atoms with E-state index in [0.717, 1.165) is 0 Å². The molecule has 2 amide bonds. The van der Waals surface area contributed by atoms with E-state index in [0.29, 0.717) is 6.42 Å². The molecule has 0 aromatic carbocycles. The summed E-state index contributed by atoms with van der Waals surface area (Å²) in [6, 6.07) is -0.432. The molecule has 27 heavy (non-hydrogen) atoms. The summed E-state index contributed by atoms with van der Waals surface area (Å²) in [6.45, 7) is 17.8. The van der Waals surface area contributed by atoms with Crippen molar-refractivity contribution in [3.63, 3.8) is 0 Å². The molecule has 1 heterocycles. The maximum absolute atomic E-state index is 12.3. The van der Waals surface area contributed by atoms with Gasteiger partial charge in [-0.2, -0.15) is 0 Å². The Balaban J connectivity index is 2.41. The molecule has 1 aliphatic carbocycles. The molecule has 0 saturated heterocycles. The van der Waals surface area contributed by atoms with Crippen molar-refractivity contribution in [2.45, 2.75) is 110 Å². The van der Waals surface area contributed by atoms with E-state index >= 15 is 0 Å². The lowest BCUT2D eigenvalue weighted by atomic mass is 10.1. The van der Waals surface area contributed by atoms with Gasteiger partial charge in [0.25, 0.3) is 11.8 Å². The molecule has 154 valence electrons. The molecule has 0 spiro atoms. The number of ether oxygens (including phenoxy) is 3. The molecule has 0 aromatic rings. The van der Waals surface area contributed by atoms with Crippen molar-refractivity contribution < 1.29 is 23.8 Å². The van der Waals surface area contributed by atoms with Crippen LogP contribution in [0.25, 0.3) is 0 Å². The minimum atomic E-state index is -0.468. The summed E-state index contributed by atoms with van der Waals surface area (Å²) in [5, 5.41) is 0. The van der Waals surface area contributed by atoms with Gasteiger partial charge in [0.1, 0.15) is 12.2 Å². The molecule has 1 fully saturated rings.